The van der Waals surface area contributed by atoms with Gasteiger partial charge in [-0.1, -0.05) is 11.6 Å². The van der Waals surface area contributed by atoms with Crippen molar-refractivity contribution in [2.75, 3.05) is 11.1 Å². The molecule has 1 aromatic carbocycles. The van der Waals surface area contributed by atoms with Crippen LogP contribution in [-0.4, -0.2) is 21.8 Å². The summed E-state index contributed by atoms with van der Waals surface area (Å²) in [6, 6.07) is 2.45. The maximum absolute atomic E-state index is 13.2. The molecule has 9 heteroatoms. The standard InChI is InChI=1S/C10H6ClFN2O4S/c11-4-1-6-8(2-5(4)12)19-3-7(13-6)9(10(15)16)14(17)18/h1-2,13H,3H2,(H,15,16)/b9-7+. The largest absolute Gasteiger partial charge is 0.473 e. The van der Waals surface area contributed by atoms with Crippen LogP contribution in [0.4, 0.5) is 10.1 Å². The van der Waals surface area contributed by atoms with Gasteiger partial charge in [0, 0.05) is 10.6 Å². The van der Waals surface area contributed by atoms with Crippen molar-refractivity contribution in [1.82, 2.24) is 0 Å². The van der Waals surface area contributed by atoms with E-state index in [2.05, 4.69) is 5.32 Å². The Morgan fingerprint density at radius 2 is 2.26 bits per heavy atom. The van der Waals surface area contributed by atoms with Crippen molar-refractivity contribution in [3.8, 4) is 0 Å². The van der Waals surface area contributed by atoms with Gasteiger partial charge in [0.2, 0.25) is 0 Å². The number of nitrogens with zero attached hydrogens (tertiary/aromatic N) is 1. The molecular formula is C10H6ClFN2O4S. The summed E-state index contributed by atoms with van der Waals surface area (Å²) in [6.45, 7) is 0. The van der Waals surface area contributed by atoms with Crippen LogP contribution in [0.15, 0.2) is 28.4 Å². The Balaban J connectivity index is 2.47. The zero-order valence-corrected chi connectivity index (χ0v) is 10.7. The van der Waals surface area contributed by atoms with Crippen LogP contribution in [-0.2, 0) is 4.79 Å². The van der Waals surface area contributed by atoms with E-state index in [1.165, 1.54) is 12.1 Å². The van der Waals surface area contributed by atoms with Gasteiger partial charge in [0.15, 0.2) is 0 Å². The van der Waals surface area contributed by atoms with Crippen LogP contribution in [0, 0.1) is 15.9 Å². The van der Waals surface area contributed by atoms with Gasteiger partial charge in [-0.25, -0.2) is 9.18 Å². The lowest BCUT2D eigenvalue weighted by Gasteiger charge is -2.19. The van der Waals surface area contributed by atoms with Gasteiger partial charge in [0.1, 0.15) is 11.5 Å². The fourth-order valence-corrected chi connectivity index (χ4v) is 2.66. The predicted octanol–water partition coefficient (Wildman–Crippen LogP) is 2.57. The number of thioether (sulfide) groups is 1. The number of hydrogen-bond donors (Lipinski definition) is 2. The maximum atomic E-state index is 13.2. The van der Waals surface area contributed by atoms with E-state index >= 15 is 0 Å². The zero-order chi connectivity index (χ0) is 14.2. The van der Waals surface area contributed by atoms with Crippen LogP contribution in [0.25, 0.3) is 0 Å². The van der Waals surface area contributed by atoms with E-state index in [0.717, 1.165) is 11.8 Å². The van der Waals surface area contributed by atoms with Crippen molar-refractivity contribution in [2.24, 2.45) is 0 Å². The van der Waals surface area contributed by atoms with Crippen molar-refractivity contribution in [1.29, 1.82) is 0 Å². The molecule has 0 atom stereocenters. The third kappa shape index (κ3) is 2.64. The lowest BCUT2D eigenvalue weighted by atomic mass is 10.2. The molecule has 0 saturated carbocycles. The SMILES string of the molecule is O=C(O)/C(=C1/CSc2cc(F)c(Cl)cc2N1)[N+](=O)[O-]. The number of fused-ring (bicyclic) bond motifs is 1. The van der Waals surface area contributed by atoms with E-state index < -0.39 is 22.4 Å². The van der Waals surface area contributed by atoms with Crippen molar-refractivity contribution in [3.63, 3.8) is 0 Å². The van der Waals surface area contributed by atoms with Crippen LogP contribution in [0.5, 0.6) is 0 Å². The van der Waals surface area contributed by atoms with Crippen LogP contribution in [0.1, 0.15) is 0 Å². The second-order valence-electron chi connectivity index (χ2n) is 3.57. The van der Waals surface area contributed by atoms with Crippen molar-refractivity contribution in [2.45, 2.75) is 4.90 Å². The Bertz CT molecular complexity index is 604. The first-order valence-electron chi connectivity index (χ1n) is 4.90. The second kappa shape index (κ2) is 5.06. The Morgan fingerprint density at radius 3 is 2.84 bits per heavy atom. The van der Waals surface area contributed by atoms with E-state index in [4.69, 9.17) is 16.7 Å². The smallest absolute Gasteiger partial charge is 0.409 e. The number of carboxylic acids is 1. The maximum Gasteiger partial charge on any atom is 0.409 e. The summed E-state index contributed by atoms with van der Waals surface area (Å²) < 4.78 is 13.2. The Hall–Kier alpha value is -1.80. The first kappa shape index (κ1) is 13.6. The van der Waals surface area contributed by atoms with Crippen LogP contribution >= 0.6 is 23.4 Å². The number of halogens is 2. The number of nitrogens with one attached hydrogen (secondary N) is 1. The lowest BCUT2D eigenvalue weighted by molar-refractivity contribution is -0.422. The number of anilines is 1. The molecule has 1 heterocycles. The zero-order valence-electron chi connectivity index (χ0n) is 9.15. The molecular weight excluding hydrogens is 299 g/mol. The summed E-state index contributed by atoms with van der Waals surface area (Å²) in [7, 11) is 0. The van der Waals surface area contributed by atoms with Crippen LogP contribution in [0.2, 0.25) is 5.02 Å². The molecule has 0 fully saturated rings. The monoisotopic (exact) mass is 304 g/mol. The number of aliphatic carboxylic acids is 1. The van der Waals surface area contributed by atoms with E-state index in [9.17, 15) is 19.3 Å². The molecule has 0 spiro atoms. The average Bonchev–Trinajstić information content (AvgIpc) is 2.30. The molecule has 19 heavy (non-hydrogen) atoms. The fourth-order valence-electron chi connectivity index (χ4n) is 1.54. The van der Waals surface area contributed by atoms with Crippen LogP contribution < -0.4 is 5.32 Å². The average molecular weight is 305 g/mol. The molecule has 1 aliphatic rings. The van der Waals surface area contributed by atoms with Gasteiger partial charge >= 0.3 is 11.7 Å². The van der Waals surface area contributed by atoms with Gasteiger partial charge in [0.25, 0.3) is 0 Å². The molecule has 1 aromatic rings. The van der Waals surface area contributed by atoms with Crippen LogP contribution in [0.3, 0.4) is 0 Å². The number of benzene rings is 1. The number of nitro groups is 1. The molecule has 0 saturated heterocycles. The van der Waals surface area contributed by atoms with Gasteiger partial charge in [0.05, 0.1) is 15.6 Å². The summed E-state index contributed by atoms with van der Waals surface area (Å²) in [5.41, 5.74) is -0.644. The Morgan fingerprint density at radius 1 is 1.58 bits per heavy atom. The number of carboxylic acid groups (broad SMARTS) is 1. The summed E-state index contributed by atoms with van der Waals surface area (Å²) >= 11 is 6.70. The van der Waals surface area contributed by atoms with E-state index in [0.29, 0.717) is 10.6 Å². The molecule has 2 rings (SSSR count). The summed E-state index contributed by atoms with van der Waals surface area (Å²) in [6.07, 6.45) is 0. The van der Waals surface area contributed by atoms with Gasteiger partial charge in [-0.2, -0.15) is 0 Å². The van der Waals surface area contributed by atoms with Gasteiger partial charge in [-0.15, -0.1) is 11.8 Å². The molecule has 2 N–H and O–H groups in total. The molecule has 0 aromatic heterocycles. The van der Waals surface area contributed by atoms with E-state index in [1.807, 2.05) is 0 Å². The highest BCUT2D eigenvalue weighted by atomic mass is 35.5. The van der Waals surface area contributed by atoms with Gasteiger partial charge in [-0.3, -0.25) is 10.1 Å². The summed E-state index contributed by atoms with van der Waals surface area (Å²) in [5.74, 6) is -2.20. The third-order valence-electron chi connectivity index (χ3n) is 2.35. The van der Waals surface area contributed by atoms with E-state index in [1.54, 1.807) is 0 Å². The molecule has 0 aliphatic carbocycles. The Kier molecular flexibility index (Phi) is 3.63. The molecule has 0 amide bonds. The van der Waals surface area contributed by atoms with Gasteiger partial charge in [-0.05, 0) is 12.1 Å². The van der Waals surface area contributed by atoms with Crippen molar-refractivity contribution < 1.29 is 19.2 Å². The number of hydrogen-bond acceptors (Lipinski definition) is 5. The molecule has 6 nitrogen and oxygen atoms in total. The highest BCUT2D eigenvalue weighted by Crippen LogP contribution is 2.38. The number of rotatable bonds is 2. The number of carbonyl (C=O) groups is 1. The van der Waals surface area contributed by atoms with Gasteiger partial charge < -0.3 is 10.4 Å². The summed E-state index contributed by atoms with van der Waals surface area (Å²) in [4.78, 5) is 21.1. The first-order valence-corrected chi connectivity index (χ1v) is 6.26. The minimum atomic E-state index is -1.63. The fraction of sp³-hybridized carbons (Fsp3) is 0.100. The lowest BCUT2D eigenvalue weighted by Crippen LogP contribution is -2.20. The third-order valence-corrected chi connectivity index (χ3v) is 3.72. The van der Waals surface area contributed by atoms with Crippen molar-refractivity contribution >= 4 is 35.0 Å². The molecule has 0 unspecified atom stereocenters. The van der Waals surface area contributed by atoms with Crippen molar-refractivity contribution in [3.05, 3.63) is 44.5 Å². The molecule has 1 aliphatic heterocycles. The first-order chi connectivity index (χ1) is 8.90. The normalized spacial score (nSPS) is 16.3. The van der Waals surface area contributed by atoms with E-state index in [-0.39, 0.29) is 16.5 Å². The summed E-state index contributed by atoms with van der Waals surface area (Å²) in [5, 5.41) is 22.0. The quantitative estimate of drug-likeness (QED) is 0.495. The molecule has 100 valence electrons. The topological polar surface area (TPSA) is 92.5 Å². The second-order valence-corrected chi connectivity index (χ2v) is 4.99. The highest BCUT2D eigenvalue weighted by molar-refractivity contribution is 7.99. The molecule has 0 bridgehead atoms. The molecule has 0 radical (unpaired) electrons. The Labute approximate surface area is 115 Å². The minimum Gasteiger partial charge on any atom is -0.473 e. The minimum absolute atomic E-state index is 0.0384. The highest BCUT2D eigenvalue weighted by Gasteiger charge is 2.30. The predicted molar refractivity (Wildman–Crippen MR) is 67.4 cm³/mol.